The molecule has 0 aromatic heterocycles. The minimum Gasteiger partial charge on any atom is -0.460 e. The van der Waals surface area contributed by atoms with Gasteiger partial charge >= 0.3 is 5.97 Å². The number of ether oxygens (including phenoxy) is 10. The van der Waals surface area contributed by atoms with Crippen LogP contribution < -0.4 is 0 Å². The highest BCUT2D eigenvalue weighted by atomic mass is 16.6. The zero-order chi connectivity index (χ0) is 34.5. The molecule has 0 aliphatic heterocycles. The van der Waals surface area contributed by atoms with Crippen LogP contribution in [-0.4, -0.2) is 168 Å². The van der Waals surface area contributed by atoms with Gasteiger partial charge in [0.05, 0.1) is 125 Å². The average molecular weight is 680 g/mol. The molecule has 0 fully saturated rings. The summed E-state index contributed by atoms with van der Waals surface area (Å²) in [5.74, 6) is -0.279. The molecule has 18 nitrogen and oxygen atoms in total. The third-order valence-corrected chi connectivity index (χ3v) is 5.56. The molecule has 47 heavy (non-hydrogen) atoms. The van der Waals surface area contributed by atoms with Crippen molar-refractivity contribution in [2.24, 2.45) is 10.2 Å². The highest BCUT2D eigenvalue weighted by molar-refractivity contribution is 5.69. The number of rotatable bonds is 36. The number of esters is 1. The van der Waals surface area contributed by atoms with E-state index in [1.807, 2.05) is 20.8 Å². The Hall–Kier alpha value is -2.31. The highest BCUT2D eigenvalue weighted by Crippen LogP contribution is 2.08. The summed E-state index contributed by atoms with van der Waals surface area (Å²) in [5, 5.41) is 6.79. The van der Waals surface area contributed by atoms with Gasteiger partial charge in [-0.2, -0.15) is 0 Å². The second-order valence-corrected chi connectivity index (χ2v) is 10.6. The van der Waals surface area contributed by atoms with Crippen molar-refractivity contribution in [3.05, 3.63) is 20.9 Å². The van der Waals surface area contributed by atoms with Crippen LogP contribution in [0.4, 0.5) is 0 Å². The first-order valence-electron chi connectivity index (χ1n) is 16.0. The van der Waals surface area contributed by atoms with E-state index in [2.05, 4.69) is 25.0 Å². The lowest BCUT2D eigenvalue weighted by Gasteiger charge is -2.22. The molecule has 0 heterocycles. The van der Waals surface area contributed by atoms with Crippen molar-refractivity contribution < 1.29 is 52.2 Å². The van der Waals surface area contributed by atoms with Gasteiger partial charge in [0.1, 0.15) is 5.60 Å². The second-order valence-electron chi connectivity index (χ2n) is 10.6. The standard InChI is InChI=1S/C29H57N7O11/c1-29(2,3)47-28(37)4-10-38-16-22-44-25-19-41-13-7-36(8-14-42-20-26-45-23-17-39-11-5-32-34-30)9-15-43-21-27-46-24-18-40-12-6-33-35-31/h4-27H2,1-3H3. The summed E-state index contributed by atoms with van der Waals surface area (Å²) in [4.78, 5) is 19.2. The van der Waals surface area contributed by atoms with Crippen LogP contribution in [0, 0.1) is 0 Å². The van der Waals surface area contributed by atoms with Crippen LogP contribution in [0.5, 0.6) is 0 Å². The normalized spacial score (nSPS) is 11.4. The fraction of sp³-hybridized carbons (Fsp3) is 0.966. The van der Waals surface area contributed by atoms with Gasteiger partial charge in [-0.05, 0) is 31.8 Å². The predicted octanol–water partition coefficient (Wildman–Crippen LogP) is 2.79. The Morgan fingerprint density at radius 2 is 0.809 bits per heavy atom. The second kappa shape index (κ2) is 35.0. The summed E-state index contributed by atoms with van der Waals surface area (Å²) in [6, 6.07) is 0. The van der Waals surface area contributed by atoms with Crippen LogP contribution in [0.25, 0.3) is 20.9 Å². The maximum atomic E-state index is 11.7. The Labute approximate surface area is 278 Å². The molecular weight excluding hydrogens is 622 g/mol. The van der Waals surface area contributed by atoms with Crippen LogP contribution >= 0.6 is 0 Å². The Morgan fingerprint density at radius 3 is 1.13 bits per heavy atom. The van der Waals surface area contributed by atoms with Crippen LogP contribution in [0.3, 0.4) is 0 Å². The zero-order valence-corrected chi connectivity index (χ0v) is 28.6. The first-order chi connectivity index (χ1) is 22.9. The Balaban J connectivity index is 4.01. The van der Waals surface area contributed by atoms with Gasteiger partial charge in [-0.25, -0.2) is 0 Å². The predicted molar refractivity (Wildman–Crippen MR) is 172 cm³/mol. The van der Waals surface area contributed by atoms with Gasteiger partial charge in [0.15, 0.2) is 0 Å². The molecule has 0 aliphatic rings. The largest absolute Gasteiger partial charge is 0.460 e. The van der Waals surface area contributed by atoms with Crippen molar-refractivity contribution in [3.63, 3.8) is 0 Å². The lowest BCUT2D eigenvalue weighted by atomic mass is 10.2. The number of nitrogens with zero attached hydrogens (tertiary/aromatic N) is 7. The van der Waals surface area contributed by atoms with Gasteiger partial charge in [-0.3, -0.25) is 9.69 Å². The fourth-order valence-corrected chi connectivity index (χ4v) is 3.39. The molecule has 0 bridgehead atoms. The smallest absolute Gasteiger partial charge is 0.308 e. The first-order valence-corrected chi connectivity index (χ1v) is 16.0. The molecule has 0 radical (unpaired) electrons. The van der Waals surface area contributed by atoms with Crippen LogP contribution in [0.1, 0.15) is 27.2 Å². The summed E-state index contributed by atoms with van der Waals surface area (Å²) in [5.41, 5.74) is 15.9. The molecule has 0 rings (SSSR count). The lowest BCUT2D eigenvalue weighted by molar-refractivity contribution is -0.156. The number of azide groups is 2. The molecule has 0 spiro atoms. The van der Waals surface area contributed by atoms with Gasteiger partial charge in [0.2, 0.25) is 0 Å². The molecule has 0 aliphatic carbocycles. The average Bonchev–Trinajstić information content (AvgIpc) is 3.03. The van der Waals surface area contributed by atoms with Crippen molar-refractivity contribution >= 4 is 5.97 Å². The molecule has 0 N–H and O–H groups in total. The monoisotopic (exact) mass is 679 g/mol. The Kier molecular flexibility index (Phi) is 33.3. The minimum atomic E-state index is -0.494. The fourth-order valence-electron chi connectivity index (χ4n) is 3.39. The zero-order valence-electron chi connectivity index (χ0n) is 28.6. The van der Waals surface area contributed by atoms with Crippen molar-refractivity contribution in [3.8, 4) is 0 Å². The van der Waals surface area contributed by atoms with Crippen molar-refractivity contribution in [1.29, 1.82) is 0 Å². The minimum absolute atomic E-state index is 0.212. The van der Waals surface area contributed by atoms with Crippen molar-refractivity contribution in [1.82, 2.24) is 4.90 Å². The van der Waals surface area contributed by atoms with Gasteiger partial charge in [0.25, 0.3) is 0 Å². The summed E-state index contributed by atoms with van der Waals surface area (Å²) < 4.78 is 54.9. The maximum absolute atomic E-state index is 11.7. The van der Waals surface area contributed by atoms with Crippen LogP contribution in [-0.2, 0) is 52.2 Å². The number of hydrogen-bond acceptors (Lipinski definition) is 14. The SMILES string of the molecule is CC(C)(C)OC(=O)CCOCCOCCOCCN(CCOCCOCCOCCN=[N+]=[N-])CCOCCOCCOCCN=[N+]=[N-]. The number of carbonyl (C=O) groups excluding carboxylic acids is 1. The van der Waals surface area contributed by atoms with Crippen molar-refractivity contribution in [2.45, 2.75) is 32.8 Å². The Bertz CT molecular complexity index is 772. The number of hydrogen-bond donors (Lipinski definition) is 0. The van der Waals surface area contributed by atoms with E-state index in [4.69, 9.17) is 58.4 Å². The third-order valence-electron chi connectivity index (χ3n) is 5.56. The molecular formula is C29H57N7O11. The van der Waals surface area contributed by atoms with Gasteiger partial charge < -0.3 is 47.4 Å². The molecule has 0 amide bonds. The molecule has 18 heteroatoms. The molecule has 0 unspecified atom stereocenters. The highest BCUT2D eigenvalue weighted by Gasteiger charge is 2.15. The Morgan fingerprint density at radius 1 is 0.511 bits per heavy atom. The summed E-state index contributed by atoms with van der Waals surface area (Å²) in [6.45, 7) is 16.2. The van der Waals surface area contributed by atoms with Gasteiger partial charge in [-0.15, -0.1) is 0 Å². The number of carbonyl (C=O) groups is 1. The summed E-state index contributed by atoms with van der Waals surface area (Å²) in [7, 11) is 0. The summed E-state index contributed by atoms with van der Waals surface area (Å²) in [6.07, 6.45) is 0.212. The molecule has 274 valence electrons. The van der Waals surface area contributed by atoms with Crippen molar-refractivity contribution in [2.75, 3.05) is 152 Å². The van der Waals surface area contributed by atoms with E-state index >= 15 is 0 Å². The quantitative estimate of drug-likeness (QED) is 0.0308. The van der Waals surface area contributed by atoms with E-state index in [1.165, 1.54) is 0 Å². The molecule has 0 saturated carbocycles. The first kappa shape index (κ1) is 44.7. The maximum Gasteiger partial charge on any atom is 0.308 e. The molecule has 0 aromatic rings. The van der Waals surface area contributed by atoms with Gasteiger partial charge in [0, 0.05) is 42.5 Å². The van der Waals surface area contributed by atoms with E-state index in [1.54, 1.807) is 0 Å². The van der Waals surface area contributed by atoms with Crippen LogP contribution in [0.15, 0.2) is 10.2 Å². The lowest BCUT2D eigenvalue weighted by Crippen LogP contribution is -2.34. The van der Waals surface area contributed by atoms with Crippen LogP contribution in [0.2, 0.25) is 0 Å². The van der Waals surface area contributed by atoms with E-state index < -0.39 is 5.60 Å². The van der Waals surface area contributed by atoms with Gasteiger partial charge in [-0.1, -0.05) is 10.2 Å². The topological polar surface area (TPSA) is 210 Å². The van der Waals surface area contributed by atoms with E-state index in [9.17, 15) is 4.79 Å². The third kappa shape index (κ3) is 38.0. The molecule has 0 atom stereocenters. The van der Waals surface area contributed by atoms with E-state index in [0.717, 1.165) is 0 Å². The molecule has 0 aromatic carbocycles. The van der Waals surface area contributed by atoms with E-state index in [0.29, 0.717) is 152 Å². The van der Waals surface area contributed by atoms with E-state index in [-0.39, 0.29) is 12.4 Å². The summed E-state index contributed by atoms with van der Waals surface area (Å²) >= 11 is 0. The molecule has 0 saturated heterocycles.